The first-order chi connectivity index (χ1) is 8.72. The van der Waals surface area contributed by atoms with Gasteiger partial charge in [0.1, 0.15) is 10.8 Å². The highest BCUT2D eigenvalue weighted by Gasteiger charge is 2.12. The molecule has 0 aliphatic rings. The molecule has 0 bridgehead atoms. The number of pyridine rings is 1. The van der Waals surface area contributed by atoms with Gasteiger partial charge in [0.15, 0.2) is 0 Å². The summed E-state index contributed by atoms with van der Waals surface area (Å²) in [6.07, 6.45) is 2.27. The normalized spacial score (nSPS) is 10.6. The average molecular weight is 283 g/mol. The molecule has 0 unspecified atom stereocenters. The van der Waals surface area contributed by atoms with Crippen LogP contribution in [0.4, 0.5) is 4.39 Å². The number of rotatable bonds is 4. The maximum atomic E-state index is 13.9. The largest absolute Gasteiger partial charge is 0.330 e. The maximum absolute atomic E-state index is 13.9. The molecule has 2 rings (SSSR count). The average Bonchev–Trinajstić information content (AvgIpc) is 2.36. The molecule has 2 N–H and O–H groups in total. The van der Waals surface area contributed by atoms with Crippen molar-refractivity contribution in [3.8, 4) is 0 Å². The van der Waals surface area contributed by atoms with E-state index in [1.165, 1.54) is 17.8 Å². The monoisotopic (exact) mass is 282 g/mol. The summed E-state index contributed by atoms with van der Waals surface area (Å²) in [4.78, 5) is 4.69. The molecular formula is C13H12ClFN2S. The van der Waals surface area contributed by atoms with Gasteiger partial charge in [-0.3, -0.25) is 0 Å². The van der Waals surface area contributed by atoms with Crippen molar-refractivity contribution in [2.24, 2.45) is 5.73 Å². The number of halogens is 2. The van der Waals surface area contributed by atoms with Crippen molar-refractivity contribution in [3.63, 3.8) is 0 Å². The van der Waals surface area contributed by atoms with Crippen molar-refractivity contribution < 1.29 is 4.39 Å². The van der Waals surface area contributed by atoms with Gasteiger partial charge in [-0.15, -0.1) is 0 Å². The lowest BCUT2D eigenvalue weighted by Gasteiger charge is -2.09. The molecule has 5 heteroatoms. The Morgan fingerprint density at radius 1 is 1.28 bits per heavy atom. The molecule has 1 aromatic carbocycles. The third kappa shape index (κ3) is 3.02. The summed E-state index contributed by atoms with van der Waals surface area (Å²) in [6, 6.07) is 8.47. The molecule has 0 amide bonds. The van der Waals surface area contributed by atoms with Crippen LogP contribution in [0.2, 0.25) is 5.02 Å². The number of aromatic nitrogens is 1. The molecule has 2 nitrogen and oxygen atoms in total. The molecule has 0 spiro atoms. The van der Waals surface area contributed by atoms with E-state index in [1.54, 1.807) is 24.4 Å². The molecule has 0 saturated heterocycles. The Morgan fingerprint density at radius 3 is 2.83 bits per heavy atom. The van der Waals surface area contributed by atoms with Gasteiger partial charge in [-0.05, 0) is 36.7 Å². The first kappa shape index (κ1) is 13.3. The zero-order valence-corrected chi connectivity index (χ0v) is 11.1. The topological polar surface area (TPSA) is 38.9 Å². The molecule has 94 valence electrons. The second-order valence-electron chi connectivity index (χ2n) is 3.66. The van der Waals surface area contributed by atoms with E-state index >= 15 is 0 Å². The van der Waals surface area contributed by atoms with E-state index < -0.39 is 0 Å². The summed E-state index contributed by atoms with van der Waals surface area (Å²) < 4.78 is 13.9. The van der Waals surface area contributed by atoms with Crippen LogP contribution in [-0.2, 0) is 6.42 Å². The van der Waals surface area contributed by atoms with Crippen LogP contribution >= 0.6 is 23.4 Å². The number of nitrogens with two attached hydrogens (primary N) is 1. The zero-order valence-electron chi connectivity index (χ0n) is 9.57. The van der Waals surface area contributed by atoms with Crippen molar-refractivity contribution in [2.75, 3.05) is 6.54 Å². The van der Waals surface area contributed by atoms with Gasteiger partial charge < -0.3 is 5.73 Å². The fraction of sp³-hybridized carbons (Fsp3) is 0.154. The van der Waals surface area contributed by atoms with Crippen LogP contribution in [-0.4, -0.2) is 11.5 Å². The van der Waals surface area contributed by atoms with Crippen LogP contribution in [0.5, 0.6) is 0 Å². The van der Waals surface area contributed by atoms with Crippen LogP contribution in [0.1, 0.15) is 5.56 Å². The van der Waals surface area contributed by atoms with Crippen LogP contribution in [0.15, 0.2) is 46.5 Å². The zero-order chi connectivity index (χ0) is 13.0. The Hall–Kier alpha value is -1.10. The number of nitrogens with zero attached hydrogens (tertiary/aromatic N) is 1. The van der Waals surface area contributed by atoms with Crippen LogP contribution in [0.3, 0.4) is 0 Å². The third-order valence-electron chi connectivity index (χ3n) is 2.39. The van der Waals surface area contributed by atoms with Crippen molar-refractivity contribution in [2.45, 2.75) is 16.3 Å². The van der Waals surface area contributed by atoms with Crippen LogP contribution in [0.25, 0.3) is 0 Å². The van der Waals surface area contributed by atoms with Crippen molar-refractivity contribution in [1.29, 1.82) is 0 Å². The highest BCUT2D eigenvalue weighted by Crippen LogP contribution is 2.35. The van der Waals surface area contributed by atoms with Crippen molar-refractivity contribution >= 4 is 23.4 Å². The highest BCUT2D eigenvalue weighted by atomic mass is 35.5. The molecule has 1 heterocycles. The van der Waals surface area contributed by atoms with E-state index in [0.717, 1.165) is 5.56 Å². The maximum Gasteiger partial charge on any atom is 0.137 e. The summed E-state index contributed by atoms with van der Waals surface area (Å²) in [5.41, 5.74) is 6.41. The van der Waals surface area contributed by atoms with Crippen LogP contribution < -0.4 is 5.73 Å². The molecule has 18 heavy (non-hydrogen) atoms. The van der Waals surface area contributed by atoms with E-state index in [0.29, 0.717) is 27.9 Å². The summed E-state index contributed by atoms with van der Waals surface area (Å²) in [7, 11) is 0. The van der Waals surface area contributed by atoms with Gasteiger partial charge >= 0.3 is 0 Å². The second kappa shape index (κ2) is 6.18. The Bertz CT molecular complexity index is 548. The third-order valence-corrected chi connectivity index (χ3v) is 3.98. The predicted octanol–water partition coefficient (Wildman–Crippen LogP) is 3.53. The quantitative estimate of drug-likeness (QED) is 0.932. The lowest BCUT2D eigenvalue weighted by atomic mass is 10.1. The fourth-order valence-electron chi connectivity index (χ4n) is 1.56. The van der Waals surface area contributed by atoms with E-state index in [-0.39, 0.29) is 5.82 Å². The van der Waals surface area contributed by atoms with E-state index in [4.69, 9.17) is 17.3 Å². The lowest BCUT2D eigenvalue weighted by molar-refractivity contribution is 0.596. The van der Waals surface area contributed by atoms with Gasteiger partial charge in [0, 0.05) is 6.20 Å². The lowest BCUT2D eigenvalue weighted by Crippen LogP contribution is -2.04. The molecule has 0 saturated carbocycles. The molecule has 0 aliphatic carbocycles. The molecule has 1 aromatic heterocycles. The Morgan fingerprint density at radius 2 is 2.11 bits per heavy atom. The molecule has 0 radical (unpaired) electrons. The summed E-state index contributed by atoms with van der Waals surface area (Å²) >= 11 is 7.26. The van der Waals surface area contributed by atoms with Gasteiger partial charge in [-0.2, -0.15) is 0 Å². The van der Waals surface area contributed by atoms with Gasteiger partial charge in [-0.1, -0.05) is 35.5 Å². The molecule has 0 aliphatic heterocycles. The standard InChI is InChI=1S/C13H12ClFN2S/c14-10-4-2-8-17-13(10)18-12-9(6-7-16)3-1-5-11(12)15/h1-5,8H,6-7,16H2. The molecule has 2 aromatic rings. The van der Waals surface area contributed by atoms with E-state index in [1.807, 2.05) is 6.07 Å². The van der Waals surface area contributed by atoms with Gasteiger partial charge in [0.25, 0.3) is 0 Å². The SMILES string of the molecule is NCCc1cccc(F)c1Sc1ncccc1Cl. The minimum atomic E-state index is -0.271. The summed E-state index contributed by atoms with van der Waals surface area (Å²) in [5, 5.41) is 1.12. The Balaban J connectivity index is 2.36. The second-order valence-corrected chi connectivity index (χ2v) is 5.07. The molecule has 0 atom stereocenters. The molecular weight excluding hydrogens is 271 g/mol. The van der Waals surface area contributed by atoms with E-state index in [9.17, 15) is 4.39 Å². The van der Waals surface area contributed by atoms with Gasteiger partial charge in [-0.25, -0.2) is 9.37 Å². The number of hydrogen-bond acceptors (Lipinski definition) is 3. The minimum Gasteiger partial charge on any atom is -0.330 e. The number of hydrogen-bond donors (Lipinski definition) is 1. The summed E-state index contributed by atoms with van der Waals surface area (Å²) in [6.45, 7) is 0.479. The minimum absolute atomic E-state index is 0.271. The summed E-state index contributed by atoms with van der Waals surface area (Å²) in [5.74, 6) is -0.271. The fourth-order valence-corrected chi connectivity index (χ4v) is 2.74. The van der Waals surface area contributed by atoms with E-state index in [2.05, 4.69) is 4.98 Å². The smallest absolute Gasteiger partial charge is 0.137 e. The van der Waals surface area contributed by atoms with Crippen molar-refractivity contribution in [1.82, 2.24) is 4.98 Å². The number of benzene rings is 1. The Labute approximate surface area is 114 Å². The molecule has 0 fully saturated rings. The first-order valence-electron chi connectivity index (χ1n) is 5.48. The van der Waals surface area contributed by atoms with Crippen LogP contribution in [0, 0.1) is 5.82 Å². The van der Waals surface area contributed by atoms with Gasteiger partial charge in [0.2, 0.25) is 0 Å². The predicted molar refractivity (Wildman–Crippen MR) is 72.5 cm³/mol. The van der Waals surface area contributed by atoms with Crippen molar-refractivity contribution in [3.05, 3.63) is 52.9 Å². The first-order valence-corrected chi connectivity index (χ1v) is 6.67. The highest BCUT2D eigenvalue weighted by molar-refractivity contribution is 7.99. The Kier molecular flexibility index (Phi) is 4.58. The van der Waals surface area contributed by atoms with Gasteiger partial charge in [0.05, 0.1) is 9.92 Å².